The summed E-state index contributed by atoms with van der Waals surface area (Å²) >= 11 is 0. The lowest BCUT2D eigenvalue weighted by molar-refractivity contribution is 0.281. The molecule has 20 heavy (non-hydrogen) atoms. The Morgan fingerprint density at radius 1 is 1.10 bits per heavy atom. The van der Waals surface area contributed by atoms with Crippen LogP contribution < -0.4 is 5.32 Å². The Hall–Kier alpha value is -1.03. The van der Waals surface area contributed by atoms with E-state index in [1.165, 1.54) is 6.07 Å². The van der Waals surface area contributed by atoms with Crippen LogP contribution in [0.5, 0.6) is 0 Å². The van der Waals surface area contributed by atoms with Gasteiger partial charge in [0, 0.05) is 6.04 Å². The van der Waals surface area contributed by atoms with Gasteiger partial charge in [-0.05, 0) is 42.9 Å². The molecule has 0 heterocycles. The predicted molar refractivity (Wildman–Crippen MR) is 74.2 cm³/mol. The first-order chi connectivity index (χ1) is 9.50. The fourth-order valence-electron chi connectivity index (χ4n) is 3.08. The number of hydrogen-bond donors (Lipinski definition) is 1. The average molecular weight is 285 g/mol. The summed E-state index contributed by atoms with van der Waals surface area (Å²) in [5.74, 6) is -3.20. The van der Waals surface area contributed by atoms with E-state index in [1.54, 1.807) is 0 Å². The molecule has 2 atom stereocenters. The number of nitrogens with one attached hydrogen (secondary N) is 1. The van der Waals surface area contributed by atoms with Crippen molar-refractivity contribution in [2.24, 2.45) is 5.92 Å². The fraction of sp³-hybridized carbons (Fsp3) is 0.625. The van der Waals surface area contributed by atoms with Crippen LogP contribution in [0.25, 0.3) is 0 Å². The molecule has 0 aliphatic heterocycles. The molecule has 1 N–H and O–H groups in total. The van der Waals surface area contributed by atoms with Gasteiger partial charge >= 0.3 is 0 Å². The highest BCUT2D eigenvalue weighted by molar-refractivity contribution is 5.25. The second kappa shape index (κ2) is 6.61. The zero-order chi connectivity index (χ0) is 14.7. The third-order valence-electron chi connectivity index (χ3n) is 4.16. The molecular formula is C16H22F3N. The van der Waals surface area contributed by atoms with Crippen LogP contribution in [0, 0.1) is 23.4 Å². The van der Waals surface area contributed by atoms with Gasteiger partial charge in [0.05, 0.1) is 0 Å². The van der Waals surface area contributed by atoms with E-state index in [0.717, 1.165) is 38.3 Å². The van der Waals surface area contributed by atoms with E-state index in [-0.39, 0.29) is 11.8 Å². The normalized spacial score (nSPS) is 23.3. The van der Waals surface area contributed by atoms with E-state index in [2.05, 4.69) is 19.2 Å². The molecule has 2 unspecified atom stereocenters. The summed E-state index contributed by atoms with van der Waals surface area (Å²) in [7, 11) is 0. The number of benzene rings is 1. The molecule has 4 heteroatoms. The molecular weight excluding hydrogens is 263 g/mol. The molecule has 112 valence electrons. The molecule has 1 aromatic carbocycles. The lowest BCUT2D eigenvalue weighted by atomic mass is 9.75. The molecule has 1 fully saturated rings. The van der Waals surface area contributed by atoms with Gasteiger partial charge in [-0.25, -0.2) is 13.2 Å². The van der Waals surface area contributed by atoms with Gasteiger partial charge in [-0.1, -0.05) is 32.8 Å². The van der Waals surface area contributed by atoms with Crippen molar-refractivity contribution in [2.45, 2.75) is 51.5 Å². The Labute approximate surface area is 118 Å². The minimum Gasteiger partial charge on any atom is -0.314 e. The summed E-state index contributed by atoms with van der Waals surface area (Å²) in [5.41, 5.74) is 0.333. The van der Waals surface area contributed by atoms with Crippen LogP contribution in [-0.2, 0) is 0 Å². The van der Waals surface area contributed by atoms with E-state index in [1.807, 2.05) is 0 Å². The van der Waals surface area contributed by atoms with Gasteiger partial charge in [0.1, 0.15) is 0 Å². The highest BCUT2D eigenvalue weighted by atomic mass is 19.2. The van der Waals surface area contributed by atoms with Crippen LogP contribution in [0.1, 0.15) is 51.0 Å². The predicted octanol–water partition coefficient (Wildman–Crippen LogP) is 4.38. The first-order valence-corrected chi connectivity index (χ1v) is 7.37. The van der Waals surface area contributed by atoms with E-state index < -0.39 is 17.5 Å². The SMILES string of the molecule is CC(C)NCC1CCCCC1c1ccc(F)c(F)c1F. The summed E-state index contributed by atoms with van der Waals surface area (Å²) in [4.78, 5) is 0. The number of halogens is 3. The van der Waals surface area contributed by atoms with Crippen LogP contribution in [0.4, 0.5) is 13.2 Å². The van der Waals surface area contributed by atoms with Gasteiger partial charge in [0.2, 0.25) is 0 Å². The topological polar surface area (TPSA) is 12.0 Å². The molecule has 1 aliphatic carbocycles. The quantitative estimate of drug-likeness (QED) is 0.810. The van der Waals surface area contributed by atoms with Crippen molar-refractivity contribution in [1.82, 2.24) is 5.32 Å². The summed E-state index contributed by atoms with van der Waals surface area (Å²) in [6.07, 6.45) is 3.97. The first-order valence-electron chi connectivity index (χ1n) is 7.37. The van der Waals surface area contributed by atoms with Gasteiger partial charge in [-0.3, -0.25) is 0 Å². The Balaban J connectivity index is 2.21. The minimum absolute atomic E-state index is 0.0231. The lowest BCUT2D eigenvalue weighted by Crippen LogP contribution is -2.33. The molecule has 1 aliphatic rings. The van der Waals surface area contributed by atoms with Crippen LogP contribution in [0.3, 0.4) is 0 Å². The number of rotatable bonds is 4. The maximum Gasteiger partial charge on any atom is 0.194 e. The van der Waals surface area contributed by atoms with Crippen molar-refractivity contribution in [3.05, 3.63) is 35.1 Å². The first kappa shape index (κ1) is 15.4. The monoisotopic (exact) mass is 285 g/mol. The van der Waals surface area contributed by atoms with E-state index in [0.29, 0.717) is 11.6 Å². The number of hydrogen-bond acceptors (Lipinski definition) is 1. The van der Waals surface area contributed by atoms with Crippen molar-refractivity contribution in [3.63, 3.8) is 0 Å². The molecule has 0 amide bonds. The molecule has 1 nitrogen and oxygen atoms in total. The maximum atomic E-state index is 14.0. The summed E-state index contributed by atoms with van der Waals surface area (Å²) in [6, 6.07) is 2.81. The average Bonchev–Trinajstić information content (AvgIpc) is 2.43. The van der Waals surface area contributed by atoms with Gasteiger partial charge < -0.3 is 5.32 Å². The highest BCUT2D eigenvalue weighted by Crippen LogP contribution is 2.39. The molecule has 0 saturated heterocycles. The van der Waals surface area contributed by atoms with Crippen molar-refractivity contribution in [2.75, 3.05) is 6.54 Å². The van der Waals surface area contributed by atoms with Crippen molar-refractivity contribution >= 4 is 0 Å². The smallest absolute Gasteiger partial charge is 0.194 e. The van der Waals surface area contributed by atoms with Gasteiger partial charge in [0.25, 0.3) is 0 Å². The molecule has 2 rings (SSSR count). The highest BCUT2D eigenvalue weighted by Gasteiger charge is 2.30. The minimum atomic E-state index is -1.34. The molecule has 0 bridgehead atoms. The largest absolute Gasteiger partial charge is 0.314 e. The van der Waals surface area contributed by atoms with Crippen LogP contribution in [0.2, 0.25) is 0 Å². The Kier molecular flexibility index (Phi) is 5.08. The molecule has 0 aromatic heterocycles. The summed E-state index contributed by atoms with van der Waals surface area (Å²) in [5, 5.41) is 3.37. The lowest BCUT2D eigenvalue weighted by Gasteiger charge is -2.33. The van der Waals surface area contributed by atoms with Crippen LogP contribution in [0.15, 0.2) is 12.1 Å². The molecule has 1 saturated carbocycles. The van der Waals surface area contributed by atoms with Crippen LogP contribution >= 0.6 is 0 Å². The van der Waals surface area contributed by atoms with Gasteiger partial charge in [0.15, 0.2) is 17.5 Å². The zero-order valence-corrected chi connectivity index (χ0v) is 12.1. The van der Waals surface area contributed by atoms with Gasteiger partial charge in [-0.15, -0.1) is 0 Å². The van der Waals surface area contributed by atoms with Crippen molar-refractivity contribution in [3.8, 4) is 0 Å². The van der Waals surface area contributed by atoms with Crippen LogP contribution in [-0.4, -0.2) is 12.6 Å². The molecule has 0 spiro atoms. The van der Waals surface area contributed by atoms with Gasteiger partial charge in [-0.2, -0.15) is 0 Å². The van der Waals surface area contributed by atoms with E-state index in [4.69, 9.17) is 0 Å². The Morgan fingerprint density at radius 3 is 2.50 bits per heavy atom. The standard InChI is InChI=1S/C16H22F3N/c1-10(2)20-9-11-5-3-4-6-12(11)13-7-8-14(17)16(19)15(13)18/h7-8,10-12,20H,3-6,9H2,1-2H3. The molecule has 0 radical (unpaired) electrons. The Bertz CT molecular complexity index is 459. The van der Waals surface area contributed by atoms with E-state index in [9.17, 15) is 13.2 Å². The van der Waals surface area contributed by atoms with Crippen molar-refractivity contribution in [1.29, 1.82) is 0 Å². The second-order valence-corrected chi connectivity index (χ2v) is 5.98. The molecule has 1 aromatic rings. The van der Waals surface area contributed by atoms with Crippen molar-refractivity contribution < 1.29 is 13.2 Å². The third kappa shape index (κ3) is 3.35. The van der Waals surface area contributed by atoms with E-state index >= 15 is 0 Å². The fourth-order valence-corrected chi connectivity index (χ4v) is 3.08. The second-order valence-electron chi connectivity index (χ2n) is 5.98. The zero-order valence-electron chi connectivity index (χ0n) is 12.1. The summed E-state index contributed by atoms with van der Waals surface area (Å²) < 4.78 is 40.5. The third-order valence-corrected chi connectivity index (χ3v) is 4.16. The maximum absolute atomic E-state index is 14.0. The Morgan fingerprint density at radius 2 is 1.80 bits per heavy atom. The summed E-state index contributed by atoms with van der Waals surface area (Å²) in [6.45, 7) is 4.92.